The molecule has 0 spiro atoms. The number of hydrogen-bond acceptors (Lipinski definition) is 6. The van der Waals surface area contributed by atoms with Crippen LogP contribution in [-0.4, -0.2) is 20.4 Å². The third-order valence-electron chi connectivity index (χ3n) is 6.53. The van der Waals surface area contributed by atoms with Gasteiger partial charge < -0.3 is 10.6 Å². The smallest absolute Gasteiger partial charge is 0.353 e. The molecule has 4 bridgehead atoms. The number of nitro groups is 1. The van der Waals surface area contributed by atoms with Crippen LogP contribution in [0.1, 0.15) is 38.5 Å². The van der Waals surface area contributed by atoms with Crippen molar-refractivity contribution in [3.05, 3.63) is 45.2 Å². The maximum Gasteiger partial charge on any atom is 0.353 e. The van der Waals surface area contributed by atoms with Gasteiger partial charge in [0.15, 0.2) is 0 Å². The van der Waals surface area contributed by atoms with E-state index in [1.54, 1.807) is 0 Å². The van der Waals surface area contributed by atoms with Crippen molar-refractivity contribution in [3.8, 4) is 0 Å². The zero-order valence-corrected chi connectivity index (χ0v) is 17.0. The summed E-state index contributed by atoms with van der Waals surface area (Å²) in [7, 11) is 0. The topological polar surface area (TPSA) is 93.0 Å². The highest BCUT2D eigenvalue weighted by atomic mass is 79.9. The van der Waals surface area contributed by atoms with Crippen LogP contribution in [0.3, 0.4) is 0 Å². The number of aromatic nitrogens is 2. The van der Waals surface area contributed by atoms with Gasteiger partial charge in [0.1, 0.15) is 6.33 Å². The van der Waals surface area contributed by atoms with E-state index < -0.39 is 0 Å². The van der Waals surface area contributed by atoms with Gasteiger partial charge in [-0.3, -0.25) is 10.1 Å². The average Bonchev–Trinajstić information content (AvgIpc) is 2.62. The summed E-state index contributed by atoms with van der Waals surface area (Å²) in [5, 5.41) is 18.5. The SMILES string of the molecule is O=[N+]([O-])c1c(Nc2ccc(Br)cc2)ncnc1NC12CC3CC(CC(C3)C1)C2. The molecule has 4 saturated carbocycles. The van der Waals surface area contributed by atoms with Gasteiger partial charge in [0, 0.05) is 15.7 Å². The van der Waals surface area contributed by atoms with Gasteiger partial charge in [-0.05, 0) is 80.5 Å². The quantitative estimate of drug-likeness (QED) is 0.482. The minimum absolute atomic E-state index is 0.0528. The Morgan fingerprint density at radius 2 is 1.57 bits per heavy atom. The highest BCUT2D eigenvalue weighted by Gasteiger charge is 2.51. The van der Waals surface area contributed by atoms with E-state index in [0.29, 0.717) is 5.82 Å². The molecule has 4 aliphatic carbocycles. The highest BCUT2D eigenvalue weighted by molar-refractivity contribution is 9.10. The second kappa shape index (κ2) is 6.69. The maximum absolute atomic E-state index is 11.9. The minimum atomic E-state index is -0.385. The Morgan fingerprint density at radius 3 is 2.14 bits per heavy atom. The van der Waals surface area contributed by atoms with Crippen molar-refractivity contribution >= 4 is 38.9 Å². The van der Waals surface area contributed by atoms with Crippen molar-refractivity contribution in [2.75, 3.05) is 10.6 Å². The summed E-state index contributed by atoms with van der Waals surface area (Å²) in [5.41, 5.74) is 0.606. The summed E-state index contributed by atoms with van der Waals surface area (Å²) >= 11 is 3.40. The average molecular weight is 444 g/mol. The predicted molar refractivity (Wildman–Crippen MR) is 111 cm³/mol. The summed E-state index contributed by atoms with van der Waals surface area (Å²) in [6, 6.07) is 7.46. The van der Waals surface area contributed by atoms with E-state index in [1.165, 1.54) is 25.6 Å². The molecule has 0 unspecified atom stereocenters. The molecular weight excluding hydrogens is 422 g/mol. The normalized spacial score (nSPS) is 30.2. The Hall–Kier alpha value is -2.22. The molecule has 0 saturated heterocycles. The fourth-order valence-corrected chi connectivity index (χ4v) is 6.18. The third kappa shape index (κ3) is 3.23. The Bertz CT molecular complexity index is 882. The number of anilines is 3. The molecule has 1 aromatic carbocycles. The van der Waals surface area contributed by atoms with Crippen LogP contribution in [-0.2, 0) is 0 Å². The molecule has 1 heterocycles. The van der Waals surface area contributed by atoms with E-state index in [4.69, 9.17) is 0 Å². The molecule has 0 radical (unpaired) electrons. The molecule has 1 aromatic heterocycles. The first-order valence-corrected chi connectivity index (χ1v) is 10.6. The van der Waals surface area contributed by atoms with Gasteiger partial charge in [-0.1, -0.05) is 15.9 Å². The van der Waals surface area contributed by atoms with E-state index >= 15 is 0 Å². The molecule has 6 rings (SSSR count). The number of nitrogens with zero attached hydrogens (tertiary/aromatic N) is 3. The van der Waals surface area contributed by atoms with Crippen LogP contribution >= 0.6 is 15.9 Å². The monoisotopic (exact) mass is 443 g/mol. The van der Waals surface area contributed by atoms with Crippen LogP contribution in [0.2, 0.25) is 0 Å². The second-order valence-corrected chi connectivity index (χ2v) is 9.55. The van der Waals surface area contributed by atoms with Crippen molar-refractivity contribution in [2.24, 2.45) is 17.8 Å². The molecule has 28 heavy (non-hydrogen) atoms. The summed E-state index contributed by atoms with van der Waals surface area (Å²) in [4.78, 5) is 20.0. The first kappa shape index (κ1) is 17.8. The van der Waals surface area contributed by atoms with Crippen LogP contribution in [0.5, 0.6) is 0 Å². The molecule has 0 amide bonds. The van der Waals surface area contributed by atoms with Gasteiger partial charge in [0.25, 0.3) is 0 Å². The molecule has 2 N–H and O–H groups in total. The van der Waals surface area contributed by atoms with Crippen molar-refractivity contribution < 1.29 is 4.92 Å². The largest absolute Gasteiger partial charge is 0.359 e. The molecule has 146 valence electrons. The zero-order chi connectivity index (χ0) is 19.3. The second-order valence-electron chi connectivity index (χ2n) is 8.63. The molecule has 0 atom stereocenters. The number of nitrogens with one attached hydrogen (secondary N) is 2. The Morgan fingerprint density at radius 1 is 1.00 bits per heavy atom. The van der Waals surface area contributed by atoms with E-state index in [2.05, 4.69) is 36.5 Å². The first-order chi connectivity index (χ1) is 13.5. The van der Waals surface area contributed by atoms with Crippen molar-refractivity contribution in [3.63, 3.8) is 0 Å². The molecule has 7 nitrogen and oxygen atoms in total. The number of hydrogen-bond donors (Lipinski definition) is 2. The van der Waals surface area contributed by atoms with Crippen molar-refractivity contribution in [2.45, 2.75) is 44.1 Å². The maximum atomic E-state index is 11.9. The lowest BCUT2D eigenvalue weighted by Crippen LogP contribution is -2.55. The van der Waals surface area contributed by atoms with Gasteiger partial charge in [-0.15, -0.1) is 0 Å². The van der Waals surface area contributed by atoms with Crippen molar-refractivity contribution in [1.29, 1.82) is 0 Å². The van der Waals surface area contributed by atoms with Crippen LogP contribution in [0.15, 0.2) is 35.1 Å². The molecule has 2 aromatic rings. The molecule has 0 aliphatic heterocycles. The summed E-state index contributed by atoms with van der Waals surface area (Å²) in [6.07, 6.45) is 8.65. The van der Waals surface area contributed by atoms with Gasteiger partial charge in [-0.25, -0.2) is 9.97 Å². The van der Waals surface area contributed by atoms with E-state index in [-0.39, 0.29) is 22.0 Å². The molecule has 4 aliphatic rings. The molecule has 8 heteroatoms. The minimum Gasteiger partial charge on any atom is -0.359 e. The summed E-state index contributed by atoms with van der Waals surface area (Å²) in [5.74, 6) is 2.80. The summed E-state index contributed by atoms with van der Waals surface area (Å²) < 4.78 is 0.944. The highest BCUT2D eigenvalue weighted by Crippen LogP contribution is 2.57. The van der Waals surface area contributed by atoms with Crippen molar-refractivity contribution in [1.82, 2.24) is 9.97 Å². The lowest BCUT2D eigenvalue weighted by Gasteiger charge is -2.57. The number of halogens is 1. The third-order valence-corrected chi connectivity index (χ3v) is 7.06. The Labute approximate surface area is 171 Å². The molecular formula is C20H22BrN5O2. The fourth-order valence-electron chi connectivity index (χ4n) is 5.92. The lowest BCUT2D eigenvalue weighted by atomic mass is 9.53. The number of rotatable bonds is 5. The summed E-state index contributed by atoms with van der Waals surface area (Å²) in [6.45, 7) is 0. The van der Waals surface area contributed by atoms with E-state index in [0.717, 1.165) is 47.2 Å². The van der Waals surface area contributed by atoms with Crippen LogP contribution in [0.4, 0.5) is 23.0 Å². The molecule has 4 fully saturated rings. The van der Waals surface area contributed by atoms with Gasteiger partial charge in [-0.2, -0.15) is 0 Å². The predicted octanol–water partition coefficient (Wildman–Crippen LogP) is 5.27. The standard InChI is InChI=1S/C20H22BrN5O2/c21-15-1-3-16(4-2-15)24-18-17(26(27)28)19(23-11-22-18)25-20-8-12-5-13(9-20)7-14(6-12)10-20/h1-4,11-14H,5-10H2,(H2,22,23,24,25). The van der Waals surface area contributed by atoms with E-state index in [1.807, 2.05) is 24.3 Å². The first-order valence-electron chi connectivity index (χ1n) is 9.80. The van der Waals surface area contributed by atoms with Gasteiger partial charge in [0.05, 0.1) is 4.92 Å². The Balaban J connectivity index is 1.46. The van der Waals surface area contributed by atoms with E-state index in [9.17, 15) is 10.1 Å². The van der Waals surface area contributed by atoms with Crippen LogP contribution < -0.4 is 10.6 Å². The zero-order valence-electron chi connectivity index (χ0n) is 15.4. The fraction of sp³-hybridized carbons (Fsp3) is 0.500. The lowest BCUT2D eigenvalue weighted by molar-refractivity contribution is -0.383. The van der Waals surface area contributed by atoms with Crippen LogP contribution in [0.25, 0.3) is 0 Å². The van der Waals surface area contributed by atoms with Gasteiger partial charge in [0.2, 0.25) is 11.6 Å². The number of benzene rings is 1. The Kier molecular flexibility index (Phi) is 4.26. The van der Waals surface area contributed by atoms with Gasteiger partial charge >= 0.3 is 5.69 Å². The van der Waals surface area contributed by atoms with Crippen LogP contribution in [0, 0.1) is 27.9 Å².